The Labute approximate surface area is 125 Å². The average molecular weight is 296 g/mol. The van der Waals surface area contributed by atoms with Gasteiger partial charge in [-0.05, 0) is 43.2 Å². The lowest BCUT2D eigenvalue weighted by molar-refractivity contribution is 0.200. The van der Waals surface area contributed by atoms with Gasteiger partial charge in [-0.15, -0.1) is 11.8 Å². The van der Waals surface area contributed by atoms with Gasteiger partial charge in [-0.1, -0.05) is 19.1 Å². The van der Waals surface area contributed by atoms with Crippen molar-refractivity contribution in [2.45, 2.75) is 38.3 Å². The molecule has 0 aliphatic carbocycles. The Kier molecular flexibility index (Phi) is 6.88. The number of urea groups is 1. The van der Waals surface area contributed by atoms with E-state index in [0.29, 0.717) is 6.54 Å². The van der Waals surface area contributed by atoms with E-state index in [1.807, 2.05) is 32.2 Å². The number of hydrogen-bond donors (Lipinski definition) is 3. The molecule has 0 aliphatic heterocycles. The number of carbonyl (C=O) groups is 1. The van der Waals surface area contributed by atoms with E-state index in [4.69, 9.17) is 5.11 Å². The fourth-order valence-electron chi connectivity index (χ4n) is 1.73. The molecule has 1 aromatic carbocycles. The largest absolute Gasteiger partial charge is 0.396 e. The molecule has 2 unspecified atom stereocenters. The fourth-order valence-corrected chi connectivity index (χ4v) is 2.44. The van der Waals surface area contributed by atoms with Gasteiger partial charge in [0, 0.05) is 24.1 Å². The van der Waals surface area contributed by atoms with Crippen LogP contribution >= 0.6 is 11.8 Å². The molecule has 1 aromatic rings. The van der Waals surface area contributed by atoms with E-state index < -0.39 is 0 Å². The maximum absolute atomic E-state index is 11.8. The maximum Gasteiger partial charge on any atom is 0.315 e. The Hall–Kier alpha value is -1.20. The third-order valence-corrected chi connectivity index (χ3v) is 4.20. The summed E-state index contributed by atoms with van der Waals surface area (Å²) in [5.74, 6) is 0.0434. The molecule has 5 heteroatoms. The minimum Gasteiger partial charge on any atom is -0.396 e. The predicted molar refractivity (Wildman–Crippen MR) is 84.0 cm³/mol. The van der Waals surface area contributed by atoms with Crippen LogP contribution in [0.2, 0.25) is 0 Å². The van der Waals surface area contributed by atoms with Crippen LogP contribution in [0.3, 0.4) is 0 Å². The molecule has 2 amide bonds. The second-order valence-corrected chi connectivity index (χ2v) is 5.94. The first kappa shape index (κ1) is 16.9. The van der Waals surface area contributed by atoms with Crippen LogP contribution in [0.25, 0.3) is 0 Å². The van der Waals surface area contributed by atoms with Gasteiger partial charge in [0.1, 0.15) is 0 Å². The number of thioether (sulfide) groups is 1. The van der Waals surface area contributed by atoms with Gasteiger partial charge < -0.3 is 15.7 Å². The van der Waals surface area contributed by atoms with Crippen molar-refractivity contribution < 1.29 is 9.90 Å². The van der Waals surface area contributed by atoms with Gasteiger partial charge in [-0.3, -0.25) is 0 Å². The Morgan fingerprint density at radius 1 is 1.40 bits per heavy atom. The van der Waals surface area contributed by atoms with Gasteiger partial charge >= 0.3 is 6.03 Å². The molecule has 0 aliphatic rings. The van der Waals surface area contributed by atoms with E-state index in [2.05, 4.69) is 23.6 Å². The van der Waals surface area contributed by atoms with Crippen LogP contribution in [0.1, 0.15) is 25.0 Å². The number of hydrogen-bond acceptors (Lipinski definition) is 3. The molecule has 112 valence electrons. The molecule has 1 rings (SSSR count). The normalized spacial score (nSPS) is 13.7. The Balaban J connectivity index is 2.53. The van der Waals surface area contributed by atoms with Crippen molar-refractivity contribution in [2.24, 2.45) is 5.92 Å². The van der Waals surface area contributed by atoms with Gasteiger partial charge in [0.15, 0.2) is 0 Å². The second kappa shape index (κ2) is 8.17. The third kappa shape index (κ3) is 5.06. The summed E-state index contributed by atoms with van der Waals surface area (Å²) in [5.41, 5.74) is 2.33. The quantitative estimate of drug-likeness (QED) is 0.707. The summed E-state index contributed by atoms with van der Waals surface area (Å²) < 4.78 is 0. The van der Waals surface area contributed by atoms with Crippen molar-refractivity contribution in [1.29, 1.82) is 0 Å². The van der Waals surface area contributed by atoms with Gasteiger partial charge in [0.25, 0.3) is 0 Å². The SMILES string of the molecule is CSc1cc(C)ccc1CNC(=O)NC(C)C(C)CO. The lowest BCUT2D eigenvalue weighted by Gasteiger charge is -2.19. The van der Waals surface area contributed by atoms with Gasteiger partial charge in [-0.2, -0.15) is 0 Å². The first-order chi connectivity index (χ1) is 9.47. The van der Waals surface area contributed by atoms with Crippen molar-refractivity contribution >= 4 is 17.8 Å². The molecule has 0 radical (unpaired) electrons. The predicted octanol–water partition coefficient (Wildman–Crippen LogP) is 2.53. The molecule has 0 saturated heterocycles. The molecule has 2 atom stereocenters. The molecular weight excluding hydrogens is 272 g/mol. The van der Waals surface area contributed by atoms with Crippen LogP contribution in [0.15, 0.2) is 23.1 Å². The van der Waals surface area contributed by atoms with E-state index in [0.717, 1.165) is 5.56 Å². The van der Waals surface area contributed by atoms with Crippen LogP contribution in [0.4, 0.5) is 4.79 Å². The van der Waals surface area contributed by atoms with Crippen LogP contribution in [-0.2, 0) is 6.54 Å². The summed E-state index contributed by atoms with van der Waals surface area (Å²) >= 11 is 1.68. The molecule has 0 spiro atoms. The van der Waals surface area contributed by atoms with E-state index in [-0.39, 0.29) is 24.6 Å². The first-order valence-corrected chi connectivity index (χ1v) is 7.99. The Bertz CT molecular complexity index is 451. The van der Waals surface area contributed by atoms with E-state index in [9.17, 15) is 4.79 Å². The second-order valence-electron chi connectivity index (χ2n) is 5.09. The zero-order chi connectivity index (χ0) is 15.1. The van der Waals surface area contributed by atoms with Gasteiger partial charge in [0.2, 0.25) is 0 Å². The summed E-state index contributed by atoms with van der Waals surface area (Å²) in [5, 5.41) is 14.7. The zero-order valence-corrected chi connectivity index (χ0v) is 13.4. The topological polar surface area (TPSA) is 61.4 Å². The van der Waals surface area contributed by atoms with Gasteiger partial charge in [-0.25, -0.2) is 4.79 Å². The Morgan fingerprint density at radius 3 is 2.70 bits per heavy atom. The molecular formula is C15H24N2O2S. The summed E-state index contributed by atoms with van der Waals surface area (Å²) in [6, 6.07) is 5.95. The van der Waals surface area contributed by atoms with E-state index in [1.54, 1.807) is 11.8 Å². The molecule has 0 saturated carbocycles. The van der Waals surface area contributed by atoms with Crippen molar-refractivity contribution in [3.05, 3.63) is 29.3 Å². The van der Waals surface area contributed by atoms with Crippen LogP contribution in [0.5, 0.6) is 0 Å². The summed E-state index contributed by atoms with van der Waals surface area (Å²) in [4.78, 5) is 13.0. The lowest BCUT2D eigenvalue weighted by Crippen LogP contribution is -2.44. The van der Waals surface area contributed by atoms with E-state index >= 15 is 0 Å². The average Bonchev–Trinajstić information content (AvgIpc) is 2.44. The minimum absolute atomic E-state index is 0.0434. The molecule has 20 heavy (non-hydrogen) atoms. The molecule has 3 N–H and O–H groups in total. The number of nitrogens with one attached hydrogen (secondary N) is 2. The minimum atomic E-state index is -0.203. The standard InChI is InChI=1S/C15H24N2O2S/c1-10-5-6-13(14(7-10)20-4)8-16-15(19)17-12(3)11(2)9-18/h5-7,11-12,18H,8-9H2,1-4H3,(H2,16,17,19). The number of rotatable bonds is 6. The number of benzene rings is 1. The molecule has 0 aromatic heterocycles. The van der Waals surface area contributed by atoms with E-state index in [1.165, 1.54) is 10.5 Å². The summed E-state index contributed by atoms with van der Waals surface area (Å²) in [7, 11) is 0. The van der Waals surface area contributed by atoms with Crippen LogP contribution < -0.4 is 10.6 Å². The number of aliphatic hydroxyl groups is 1. The lowest BCUT2D eigenvalue weighted by atomic mass is 10.1. The summed E-state index contributed by atoms with van der Waals surface area (Å²) in [6.45, 7) is 6.41. The van der Waals surface area contributed by atoms with Gasteiger partial charge in [0.05, 0.1) is 0 Å². The Morgan fingerprint density at radius 2 is 2.10 bits per heavy atom. The molecule has 0 fully saturated rings. The molecule has 4 nitrogen and oxygen atoms in total. The van der Waals surface area contributed by atoms with Crippen molar-refractivity contribution in [3.8, 4) is 0 Å². The monoisotopic (exact) mass is 296 g/mol. The smallest absolute Gasteiger partial charge is 0.315 e. The third-order valence-electron chi connectivity index (χ3n) is 3.38. The van der Waals surface area contributed by atoms with Crippen LogP contribution in [-0.4, -0.2) is 30.0 Å². The highest BCUT2D eigenvalue weighted by Gasteiger charge is 2.13. The van der Waals surface area contributed by atoms with Crippen LogP contribution in [0, 0.1) is 12.8 Å². The highest BCUT2D eigenvalue weighted by Crippen LogP contribution is 2.21. The van der Waals surface area contributed by atoms with Crippen molar-refractivity contribution in [3.63, 3.8) is 0 Å². The maximum atomic E-state index is 11.8. The molecule has 0 bridgehead atoms. The number of aryl methyl sites for hydroxylation is 1. The van der Waals surface area contributed by atoms with Crippen molar-refractivity contribution in [1.82, 2.24) is 10.6 Å². The first-order valence-electron chi connectivity index (χ1n) is 6.76. The summed E-state index contributed by atoms with van der Waals surface area (Å²) in [6.07, 6.45) is 2.03. The number of amides is 2. The van der Waals surface area contributed by atoms with Crippen molar-refractivity contribution in [2.75, 3.05) is 12.9 Å². The highest BCUT2D eigenvalue weighted by molar-refractivity contribution is 7.98. The number of aliphatic hydroxyl groups excluding tert-OH is 1. The zero-order valence-electron chi connectivity index (χ0n) is 12.6. The fraction of sp³-hybridized carbons (Fsp3) is 0.533. The number of carbonyl (C=O) groups excluding carboxylic acids is 1. The highest BCUT2D eigenvalue weighted by atomic mass is 32.2. The molecule has 0 heterocycles.